The topological polar surface area (TPSA) is 59.6 Å². The van der Waals surface area contributed by atoms with Crippen LogP contribution in [0.4, 0.5) is 5.69 Å². The highest BCUT2D eigenvalue weighted by Gasteiger charge is 2.07. The predicted octanol–water partition coefficient (Wildman–Crippen LogP) is 1.71. The van der Waals surface area contributed by atoms with E-state index in [-0.39, 0.29) is 5.91 Å². The fraction of sp³-hybridized carbons (Fsp3) is 0.533. The van der Waals surface area contributed by atoms with Gasteiger partial charge < -0.3 is 20.1 Å². The van der Waals surface area contributed by atoms with Gasteiger partial charge in [0.25, 0.3) is 0 Å². The molecule has 1 aromatic carbocycles. The zero-order valence-electron chi connectivity index (χ0n) is 12.5. The number of likely N-dealkylation sites (N-methyl/N-ethyl adjacent to an activating group) is 1. The molecule has 0 aliphatic carbocycles. The van der Waals surface area contributed by atoms with Crippen LogP contribution in [0.1, 0.15) is 18.1 Å². The van der Waals surface area contributed by atoms with E-state index in [4.69, 9.17) is 9.47 Å². The van der Waals surface area contributed by atoms with Crippen LogP contribution in [0.2, 0.25) is 0 Å². The zero-order valence-corrected chi connectivity index (χ0v) is 12.5. The first-order chi connectivity index (χ1) is 9.69. The molecular formula is C15H24N2O3. The van der Waals surface area contributed by atoms with Gasteiger partial charge in [-0.3, -0.25) is 4.79 Å². The van der Waals surface area contributed by atoms with Crippen LogP contribution >= 0.6 is 0 Å². The lowest BCUT2D eigenvalue weighted by molar-refractivity contribution is -0.115. The summed E-state index contributed by atoms with van der Waals surface area (Å²) in [7, 11) is 1.75. The molecule has 0 spiro atoms. The second-order valence-corrected chi connectivity index (χ2v) is 4.42. The minimum atomic E-state index is -0.0509. The third kappa shape index (κ3) is 5.69. The number of benzene rings is 1. The van der Waals surface area contributed by atoms with Crippen LogP contribution in [0.3, 0.4) is 0 Å². The van der Waals surface area contributed by atoms with Crippen molar-refractivity contribution in [3.63, 3.8) is 0 Å². The Morgan fingerprint density at radius 1 is 1.25 bits per heavy atom. The monoisotopic (exact) mass is 280 g/mol. The van der Waals surface area contributed by atoms with Crippen molar-refractivity contribution in [1.82, 2.24) is 5.32 Å². The number of carbonyl (C=O) groups excluding carboxylic acids is 1. The minimum absolute atomic E-state index is 0.0509. The van der Waals surface area contributed by atoms with E-state index in [1.54, 1.807) is 7.05 Å². The fourth-order valence-electron chi connectivity index (χ4n) is 1.77. The zero-order chi connectivity index (χ0) is 14.8. The predicted molar refractivity (Wildman–Crippen MR) is 79.9 cm³/mol. The average Bonchev–Trinajstić information content (AvgIpc) is 2.42. The number of carbonyl (C=O) groups is 1. The molecule has 0 aliphatic rings. The van der Waals surface area contributed by atoms with Crippen molar-refractivity contribution in [3.05, 3.63) is 29.3 Å². The number of hydrogen-bond acceptors (Lipinski definition) is 4. The van der Waals surface area contributed by atoms with Crippen LogP contribution in [0.5, 0.6) is 0 Å². The number of hydrogen-bond donors (Lipinski definition) is 2. The summed E-state index contributed by atoms with van der Waals surface area (Å²) in [4.78, 5) is 11.6. The van der Waals surface area contributed by atoms with Gasteiger partial charge >= 0.3 is 0 Å². The molecule has 1 aromatic rings. The normalized spacial score (nSPS) is 10.6. The van der Waals surface area contributed by atoms with Gasteiger partial charge in [-0.25, -0.2) is 0 Å². The van der Waals surface area contributed by atoms with Crippen molar-refractivity contribution in [2.75, 3.05) is 38.7 Å². The van der Waals surface area contributed by atoms with Crippen LogP contribution < -0.4 is 10.6 Å². The highest BCUT2D eigenvalue weighted by molar-refractivity contribution is 5.93. The molecule has 1 amide bonds. The van der Waals surface area contributed by atoms with E-state index in [2.05, 4.69) is 10.6 Å². The quantitative estimate of drug-likeness (QED) is 0.676. The first-order valence-electron chi connectivity index (χ1n) is 6.87. The Balaban J connectivity index is 2.53. The molecular weight excluding hydrogens is 256 g/mol. The van der Waals surface area contributed by atoms with Gasteiger partial charge in [0, 0.05) is 12.3 Å². The Labute approximate surface area is 120 Å². The maximum Gasteiger partial charge on any atom is 0.238 e. The third-order valence-corrected chi connectivity index (χ3v) is 2.89. The summed E-state index contributed by atoms with van der Waals surface area (Å²) in [6.45, 7) is 6.65. The largest absolute Gasteiger partial charge is 0.379 e. The summed E-state index contributed by atoms with van der Waals surface area (Å²) < 4.78 is 10.8. The van der Waals surface area contributed by atoms with Crippen molar-refractivity contribution in [2.24, 2.45) is 0 Å². The fourth-order valence-corrected chi connectivity index (χ4v) is 1.77. The van der Waals surface area contributed by atoms with Crippen molar-refractivity contribution in [3.8, 4) is 0 Å². The van der Waals surface area contributed by atoms with Crippen LogP contribution in [-0.4, -0.2) is 39.3 Å². The van der Waals surface area contributed by atoms with Gasteiger partial charge in [-0.2, -0.15) is 0 Å². The van der Waals surface area contributed by atoms with Crippen molar-refractivity contribution >= 4 is 11.6 Å². The number of amides is 1. The summed E-state index contributed by atoms with van der Waals surface area (Å²) in [5.74, 6) is -0.0509. The number of rotatable bonds is 9. The Kier molecular flexibility index (Phi) is 7.87. The lowest BCUT2D eigenvalue weighted by Gasteiger charge is -2.13. The van der Waals surface area contributed by atoms with Gasteiger partial charge in [0.05, 0.1) is 26.4 Å². The standard InChI is InChI=1S/C15H24N2O3/c1-4-19-8-9-20-11-13-6-5-7-14(12(13)2)17-15(18)10-16-3/h5-7,16H,4,8-11H2,1-3H3,(H,17,18). The molecule has 0 atom stereocenters. The van der Waals surface area contributed by atoms with E-state index < -0.39 is 0 Å². The molecule has 0 fully saturated rings. The lowest BCUT2D eigenvalue weighted by Crippen LogP contribution is -2.25. The number of anilines is 1. The third-order valence-electron chi connectivity index (χ3n) is 2.89. The molecule has 5 nitrogen and oxygen atoms in total. The maximum atomic E-state index is 11.6. The average molecular weight is 280 g/mol. The first-order valence-corrected chi connectivity index (χ1v) is 6.87. The molecule has 20 heavy (non-hydrogen) atoms. The first kappa shape index (κ1) is 16.6. The van der Waals surface area contributed by atoms with Gasteiger partial charge in [0.1, 0.15) is 0 Å². The van der Waals surface area contributed by atoms with E-state index in [1.807, 2.05) is 32.0 Å². The summed E-state index contributed by atoms with van der Waals surface area (Å²) >= 11 is 0. The van der Waals surface area contributed by atoms with E-state index >= 15 is 0 Å². The Bertz CT molecular complexity index is 422. The molecule has 112 valence electrons. The minimum Gasteiger partial charge on any atom is -0.379 e. The van der Waals surface area contributed by atoms with E-state index in [9.17, 15) is 4.79 Å². The Hall–Kier alpha value is -1.43. The van der Waals surface area contributed by atoms with E-state index in [0.717, 1.165) is 16.8 Å². The molecule has 0 aliphatic heterocycles. The second-order valence-electron chi connectivity index (χ2n) is 4.42. The van der Waals surface area contributed by atoms with Crippen LogP contribution in [-0.2, 0) is 20.9 Å². The van der Waals surface area contributed by atoms with Gasteiger partial charge in [0.2, 0.25) is 5.91 Å². The smallest absolute Gasteiger partial charge is 0.238 e. The molecule has 2 N–H and O–H groups in total. The molecule has 1 rings (SSSR count). The molecule has 0 unspecified atom stereocenters. The van der Waals surface area contributed by atoms with Crippen LogP contribution in [0, 0.1) is 6.92 Å². The summed E-state index contributed by atoms with van der Waals surface area (Å²) in [5.41, 5.74) is 2.94. The summed E-state index contributed by atoms with van der Waals surface area (Å²) in [6, 6.07) is 5.82. The molecule has 0 bridgehead atoms. The highest BCUT2D eigenvalue weighted by atomic mass is 16.5. The molecule has 0 heterocycles. The molecule has 0 aromatic heterocycles. The summed E-state index contributed by atoms with van der Waals surface area (Å²) in [6.07, 6.45) is 0. The van der Waals surface area contributed by atoms with Crippen molar-refractivity contribution in [1.29, 1.82) is 0 Å². The SMILES string of the molecule is CCOCCOCc1cccc(NC(=O)CNC)c1C. The molecule has 5 heteroatoms. The molecule has 0 radical (unpaired) electrons. The molecule has 0 saturated heterocycles. The van der Waals surface area contributed by atoms with Crippen molar-refractivity contribution < 1.29 is 14.3 Å². The second kappa shape index (κ2) is 9.47. The van der Waals surface area contributed by atoms with E-state index in [0.29, 0.717) is 33.0 Å². The summed E-state index contributed by atoms with van der Waals surface area (Å²) in [5, 5.41) is 5.71. The van der Waals surface area contributed by atoms with Crippen molar-refractivity contribution in [2.45, 2.75) is 20.5 Å². The number of ether oxygens (including phenoxy) is 2. The van der Waals surface area contributed by atoms with Gasteiger partial charge in [0.15, 0.2) is 0 Å². The lowest BCUT2D eigenvalue weighted by atomic mass is 10.1. The van der Waals surface area contributed by atoms with Crippen LogP contribution in [0.15, 0.2) is 18.2 Å². The van der Waals surface area contributed by atoms with Crippen LogP contribution in [0.25, 0.3) is 0 Å². The Morgan fingerprint density at radius 3 is 2.70 bits per heavy atom. The maximum absolute atomic E-state index is 11.6. The highest BCUT2D eigenvalue weighted by Crippen LogP contribution is 2.19. The van der Waals surface area contributed by atoms with Gasteiger partial charge in [-0.15, -0.1) is 0 Å². The van der Waals surface area contributed by atoms with Gasteiger partial charge in [-0.05, 0) is 38.1 Å². The van der Waals surface area contributed by atoms with E-state index in [1.165, 1.54) is 0 Å². The number of nitrogens with one attached hydrogen (secondary N) is 2. The molecule has 0 saturated carbocycles. The Morgan fingerprint density at radius 2 is 2.00 bits per heavy atom. The van der Waals surface area contributed by atoms with Gasteiger partial charge in [-0.1, -0.05) is 12.1 Å².